The van der Waals surface area contributed by atoms with Crippen molar-refractivity contribution in [3.63, 3.8) is 0 Å². The van der Waals surface area contributed by atoms with Gasteiger partial charge in [0.2, 0.25) is 17.2 Å². The Hall–Kier alpha value is -4.37. The number of nitrogens with one attached hydrogen (secondary N) is 2. The minimum absolute atomic E-state index is 0.135. The van der Waals surface area contributed by atoms with Crippen molar-refractivity contribution in [2.45, 2.75) is 62.0 Å². The fourth-order valence-corrected chi connectivity index (χ4v) is 8.35. The van der Waals surface area contributed by atoms with Crippen LogP contribution in [0.2, 0.25) is 0 Å². The van der Waals surface area contributed by atoms with Crippen LogP contribution >= 0.6 is 11.8 Å². The van der Waals surface area contributed by atoms with Crippen LogP contribution in [0, 0.1) is 0 Å². The van der Waals surface area contributed by atoms with Crippen LogP contribution in [0.1, 0.15) is 48.3 Å². The van der Waals surface area contributed by atoms with E-state index in [0.29, 0.717) is 29.6 Å². The number of aliphatic carboxylic acids is 1. The predicted molar refractivity (Wildman–Crippen MR) is 164 cm³/mol. The lowest BCUT2D eigenvalue weighted by Gasteiger charge is -2.44. The Morgan fingerprint density at radius 1 is 1.13 bits per heavy atom. The normalized spacial score (nSPS) is 22.0. The molecule has 0 saturated carbocycles. The lowest BCUT2D eigenvalue weighted by Crippen LogP contribution is -2.71. The quantitative estimate of drug-likeness (QED) is 0.225. The second kappa shape index (κ2) is 10.9. The number of thioether (sulfide) groups is 1. The zero-order chi connectivity index (χ0) is 32.4. The summed E-state index contributed by atoms with van der Waals surface area (Å²) in [5, 5.41) is 14.7. The molecule has 4 heterocycles. The Bertz CT molecular complexity index is 1940. The van der Waals surface area contributed by atoms with E-state index in [1.54, 1.807) is 48.7 Å². The summed E-state index contributed by atoms with van der Waals surface area (Å²) in [5.74, 6) is -3.26. The van der Waals surface area contributed by atoms with E-state index >= 15 is 0 Å². The molecule has 4 atom stereocenters. The molecule has 3 aromatic rings. The van der Waals surface area contributed by atoms with Crippen LogP contribution in [0.15, 0.2) is 53.5 Å². The number of benzene rings is 2. The molecule has 1 aromatic heterocycles. The van der Waals surface area contributed by atoms with Gasteiger partial charge < -0.3 is 29.4 Å². The minimum Gasteiger partial charge on any atom is -0.480 e. The number of pyridine rings is 1. The second-order valence-electron chi connectivity index (χ2n) is 11.6. The Kier molecular flexibility index (Phi) is 7.43. The highest BCUT2D eigenvalue weighted by atomic mass is 32.2. The van der Waals surface area contributed by atoms with Crippen molar-refractivity contribution >= 4 is 56.5 Å². The smallest absolute Gasteiger partial charge is 0.327 e. The molecular formula is C30H30N4O9S2. The van der Waals surface area contributed by atoms with Crippen LogP contribution in [0.4, 0.5) is 0 Å². The predicted octanol–water partition coefficient (Wildman–Crippen LogP) is 1.39. The number of carboxylic acids is 1. The standard InChI is InChI=1S/C30H30N4O9S2/c1-4-45(41,42)43-19-11-10-17-22-16(19)12-13-33(22)14-18(23(17)35)25(36)31-20(15-8-6-5-7-9-15)26(37)32-21-27(38)34-24(29(39)40)30(2,3)44-28(21)34/h5-11,14,20-21,24,28H,4,12-13H2,1-3H3,(H,31,36)(H,32,37)(H,39,40). The van der Waals surface area contributed by atoms with Crippen molar-refractivity contribution in [2.24, 2.45) is 0 Å². The van der Waals surface area contributed by atoms with E-state index in [0.717, 1.165) is 0 Å². The number of aryl methyl sites for hydroxylation is 2. The Morgan fingerprint density at radius 3 is 2.51 bits per heavy atom. The number of β-lactam (4-membered cyclic amide) rings is 1. The average Bonchev–Trinajstić information content (AvgIpc) is 3.54. The number of hydrogen-bond acceptors (Lipinski definition) is 9. The Morgan fingerprint density at radius 2 is 1.84 bits per heavy atom. The van der Waals surface area contributed by atoms with E-state index in [4.69, 9.17) is 4.18 Å². The highest BCUT2D eigenvalue weighted by molar-refractivity contribution is 8.01. The van der Waals surface area contributed by atoms with E-state index in [-0.39, 0.29) is 22.5 Å². The van der Waals surface area contributed by atoms with Crippen molar-refractivity contribution in [3.8, 4) is 5.75 Å². The van der Waals surface area contributed by atoms with Crippen LogP contribution in [0.5, 0.6) is 5.75 Å². The summed E-state index contributed by atoms with van der Waals surface area (Å²) in [4.78, 5) is 67.0. The van der Waals surface area contributed by atoms with Crippen molar-refractivity contribution in [1.29, 1.82) is 0 Å². The number of fused-ring (bicyclic) bond motifs is 1. The molecule has 0 radical (unpaired) electrons. The molecule has 2 aromatic carbocycles. The van der Waals surface area contributed by atoms with Gasteiger partial charge in [-0.3, -0.25) is 19.2 Å². The topological polar surface area (TPSA) is 181 Å². The summed E-state index contributed by atoms with van der Waals surface area (Å²) >= 11 is 1.28. The third kappa shape index (κ3) is 5.13. The van der Waals surface area contributed by atoms with Crippen LogP contribution in [0.3, 0.4) is 0 Å². The zero-order valence-electron chi connectivity index (χ0n) is 24.5. The van der Waals surface area contributed by atoms with Gasteiger partial charge >= 0.3 is 16.1 Å². The molecule has 13 nitrogen and oxygen atoms in total. The van der Waals surface area contributed by atoms with Crippen molar-refractivity contribution < 1.29 is 36.9 Å². The van der Waals surface area contributed by atoms with Crippen molar-refractivity contribution in [1.82, 2.24) is 20.1 Å². The average molecular weight is 655 g/mol. The monoisotopic (exact) mass is 654 g/mol. The molecule has 0 spiro atoms. The summed E-state index contributed by atoms with van der Waals surface area (Å²) in [6.07, 6.45) is 1.77. The third-order valence-electron chi connectivity index (χ3n) is 8.36. The molecule has 3 aliphatic rings. The first-order chi connectivity index (χ1) is 21.2. The number of carboxylic acid groups (broad SMARTS) is 1. The van der Waals surface area contributed by atoms with E-state index < -0.39 is 67.5 Å². The lowest BCUT2D eigenvalue weighted by atomic mass is 9.95. The van der Waals surface area contributed by atoms with E-state index in [9.17, 15) is 37.5 Å². The molecule has 6 rings (SSSR count). The Labute approximate surface area is 262 Å². The van der Waals surface area contributed by atoms with Crippen molar-refractivity contribution in [3.05, 3.63) is 75.6 Å². The number of amides is 3. The van der Waals surface area contributed by atoms with E-state index in [2.05, 4.69) is 10.6 Å². The fourth-order valence-electron chi connectivity index (χ4n) is 6.18. The highest BCUT2D eigenvalue weighted by Crippen LogP contribution is 2.50. The third-order valence-corrected chi connectivity index (χ3v) is 11.1. The van der Waals surface area contributed by atoms with Gasteiger partial charge in [0.05, 0.1) is 11.3 Å². The molecule has 2 fully saturated rings. The maximum Gasteiger partial charge on any atom is 0.327 e. The molecular weight excluding hydrogens is 624 g/mol. The van der Waals surface area contributed by atoms with Gasteiger partial charge in [0.1, 0.15) is 34.8 Å². The minimum atomic E-state index is -3.80. The molecule has 4 unspecified atom stereocenters. The SMILES string of the molecule is CCS(=O)(=O)Oc1ccc2c(=O)c(C(=O)NC(C(=O)NC3C(=O)N4C3SC(C)(C)C4C(=O)O)c3ccccc3)cn3c2c1CC3. The molecule has 236 valence electrons. The molecule has 15 heteroatoms. The number of rotatable bonds is 9. The van der Waals surface area contributed by atoms with Gasteiger partial charge in [-0.15, -0.1) is 11.8 Å². The zero-order valence-corrected chi connectivity index (χ0v) is 26.1. The van der Waals surface area contributed by atoms with E-state index in [1.807, 2.05) is 0 Å². The summed E-state index contributed by atoms with van der Waals surface area (Å²) in [5.41, 5.74) is 0.603. The molecule has 0 aliphatic carbocycles. The number of nitrogens with zero attached hydrogens (tertiary/aromatic N) is 2. The second-order valence-corrected chi connectivity index (χ2v) is 15.2. The molecule has 0 bridgehead atoms. The van der Waals surface area contributed by atoms with Crippen molar-refractivity contribution in [2.75, 3.05) is 5.75 Å². The van der Waals surface area contributed by atoms with Gasteiger partial charge in [-0.25, -0.2) is 4.79 Å². The first-order valence-electron chi connectivity index (χ1n) is 14.2. The number of carbonyl (C=O) groups excluding carboxylic acids is 3. The number of hydrogen-bond donors (Lipinski definition) is 3. The van der Waals surface area contributed by atoms with Gasteiger partial charge in [0.25, 0.3) is 5.91 Å². The molecule has 2 saturated heterocycles. The van der Waals surface area contributed by atoms with Gasteiger partial charge in [-0.05, 0) is 44.9 Å². The maximum absolute atomic E-state index is 13.7. The van der Waals surface area contributed by atoms with Crippen LogP contribution in [-0.4, -0.2) is 74.6 Å². The fraction of sp³-hybridized carbons (Fsp3) is 0.367. The van der Waals surface area contributed by atoms with E-state index in [1.165, 1.54) is 41.9 Å². The first kappa shape index (κ1) is 30.6. The molecule has 3 N–H and O–H groups in total. The van der Waals surface area contributed by atoms with Gasteiger partial charge in [-0.1, -0.05) is 30.3 Å². The van der Waals surface area contributed by atoms with Crippen LogP contribution in [-0.2, 0) is 37.5 Å². The number of aromatic nitrogens is 1. The van der Waals surface area contributed by atoms with Crippen LogP contribution in [0.25, 0.3) is 10.9 Å². The van der Waals surface area contributed by atoms with Gasteiger partial charge in [0, 0.05) is 28.4 Å². The Balaban J connectivity index is 1.28. The summed E-state index contributed by atoms with van der Waals surface area (Å²) in [6.45, 7) is 5.28. The molecule has 45 heavy (non-hydrogen) atoms. The molecule has 3 aliphatic heterocycles. The van der Waals surface area contributed by atoms with Crippen LogP contribution < -0.4 is 20.2 Å². The maximum atomic E-state index is 13.7. The number of carbonyl (C=O) groups is 4. The summed E-state index contributed by atoms with van der Waals surface area (Å²) < 4.78 is 30.3. The first-order valence-corrected chi connectivity index (χ1v) is 16.7. The highest BCUT2D eigenvalue weighted by Gasteiger charge is 2.64. The molecule has 3 amide bonds. The lowest BCUT2D eigenvalue weighted by molar-refractivity contribution is -0.161. The summed E-state index contributed by atoms with van der Waals surface area (Å²) in [6, 6.07) is 7.83. The summed E-state index contributed by atoms with van der Waals surface area (Å²) in [7, 11) is -3.80. The van der Waals surface area contributed by atoms with Gasteiger partial charge in [0.15, 0.2) is 0 Å². The van der Waals surface area contributed by atoms with Gasteiger partial charge in [-0.2, -0.15) is 8.42 Å². The largest absolute Gasteiger partial charge is 0.480 e.